The first-order chi connectivity index (χ1) is 9.33. The molecule has 3 aromatic rings. The van der Waals surface area contributed by atoms with Crippen LogP contribution in [0.3, 0.4) is 0 Å². The number of para-hydroxylation sites is 1. The fourth-order valence-corrected chi connectivity index (χ4v) is 1.95. The summed E-state index contributed by atoms with van der Waals surface area (Å²) in [4.78, 5) is 16.6. The first-order valence-corrected chi connectivity index (χ1v) is 6.12. The Balaban J connectivity index is 1.92. The molecule has 3 rings (SSSR count). The zero-order valence-electron chi connectivity index (χ0n) is 9.92. The summed E-state index contributed by atoms with van der Waals surface area (Å²) in [5.41, 5.74) is 1.64. The lowest BCUT2D eigenvalue weighted by Crippen LogP contribution is -2.04. The number of nitrogens with zero attached hydrogens (tertiary/aromatic N) is 4. The lowest BCUT2D eigenvalue weighted by molar-refractivity contribution is 0.998. The number of aromatic nitrogens is 4. The molecule has 5 nitrogen and oxygen atoms in total. The summed E-state index contributed by atoms with van der Waals surface area (Å²) in [5, 5.41) is 4.36. The minimum Gasteiger partial charge on any atom is -0.364 e. The predicted molar refractivity (Wildman–Crippen MR) is 73.9 cm³/mol. The molecular weight excluding hydrogens is 262 g/mol. The molecule has 0 bridgehead atoms. The zero-order chi connectivity index (χ0) is 13.1. The highest BCUT2D eigenvalue weighted by atomic mass is 35.5. The summed E-state index contributed by atoms with van der Waals surface area (Å²) in [6, 6.07) is 7.70. The molecular formula is C13H10ClN5. The highest BCUT2D eigenvalue weighted by Crippen LogP contribution is 2.21. The minimum atomic E-state index is 0.223. The van der Waals surface area contributed by atoms with Crippen molar-refractivity contribution in [3.05, 3.63) is 53.8 Å². The predicted octanol–water partition coefficient (Wildman–Crippen LogP) is 2.69. The maximum Gasteiger partial charge on any atom is 0.224 e. The molecule has 0 aliphatic rings. The Kier molecular flexibility index (Phi) is 3.20. The maximum absolute atomic E-state index is 5.92. The van der Waals surface area contributed by atoms with Gasteiger partial charge in [-0.2, -0.15) is 0 Å². The zero-order valence-corrected chi connectivity index (χ0v) is 10.7. The third-order valence-corrected chi connectivity index (χ3v) is 2.80. The van der Waals surface area contributed by atoms with Crippen LogP contribution in [0.15, 0.2) is 42.9 Å². The van der Waals surface area contributed by atoms with E-state index in [4.69, 9.17) is 11.6 Å². The number of nitrogens with one attached hydrogen (secondary N) is 1. The number of rotatable bonds is 3. The van der Waals surface area contributed by atoms with Crippen molar-refractivity contribution in [2.75, 3.05) is 5.32 Å². The van der Waals surface area contributed by atoms with Gasteiger partial charge in [0.1, 0.15) is 5.82 Å². The van der Waals surface area contributed by atoms with Gasteiger partial charge in [-0.3, -0.25) is 9.97 Å². The Morgan fingerprint density at radius 1 is 1.11 bits per heavy atom. The van der Waals surface area contributed by atoms with Crippen LogP contribution in [0.1, 0.15) is 5.69 Å². The van der Waals surface area contributed by atoms with Crippen molar-refractivity contribution >= 4 is 28.3 Å². The highest BCUT2D eigenvalue weighted by molar-refractivity contribution is 6.28. The number of hydrogen-bond donors (Lipinski definition) is 1. The van der Waals surface area contributed by atoms with E-state index in [9.17, 15) is 0 Å². The molecule has 0 atom stereocenters. The second-order valence-corrected chi connectivity index (χ2v) is 4.25. The van der Waals surface area contributed by atoms with Crippen molar-refractivity contribution in [3.8, 4) is 0 Å². The standard InChI is InChI=1S/C13H10ClN5/c14-13-18-11-4-2-1-3-10(11)12(19-13)17-8-9-7-15-5-6-16-9/h1-7H,8H2,(H,17,18,19). The van der Waals surface area contributed by atoms with Gasteiger partial charge >= 0.3 is 0 Å². The summed E-state index contributed by atoms with van der Waals surface area (Å²) in [6.45, 7) is 0.533. The molecule has 0 aliphatic heterocycles. The van der Waals surface area contributed by atoms with Crippen molar-refractivity contribution in [2.45, 2.75) is 6.54 Å². The number of anilines is 1. The topological polar surface area (TPSA) is 63.6 Å². The van der Waals surface area contributed by atoms with Crippen LogP contribution >= 0.6 is 11.6 Å². The van der Waals surface area contributed by atoms with Crippen molar-refractivity contribution < 1.29 is 0 Å². The molecule has 19 heavy (non-hydrogen) atoms. The van der Waals surface area contributed by atoms with Crippen molar-refractivity contribution in [3.63, 3.8) is 0 Å². The Hall–Kier alpha value is -2.27. The molecule has 1 N–H and O–H groups in total. The molecule has 2 heterocycles. The smallest absolute Gasteiger partial charge is 0.224 e. The lowest BCUT2D eigenvalue weighted by atomic mass is 10.2. The molecule has 0 fully saturated rings. The monoisotopic (exact) mass is 271 g/mol. The largest absolute Gasteiger partial charge is 0.364 e. The third-order valence-electron chi connectivity index (χ3n) is 2.63. The van der Waals surface area contributed by atoms with Crippen LogP contribution < -0.4 is 5.32 Å². The minimum absolute atomic E-state index is 0.223. The van der Waals surface area contributed by atoms with Crippen LogP contribution in [0, 0.1) is 0 Å². The second kappa shape index (κ2) is 5.16. The van der Waals surface area contributed by atoms with Crippen LogP contribution in [0.25, 0.3) is 10.9 Å². The van der Waals surface area contributed by atoms with Gasteiger partial charge < -0.3 is 5.32 Å². The van der Waals surface area contributed by atoms with Gasteiger partial charge in [0.05, 0.1) is 24.0 Å². The molecule has 6 heteroatoms. The normalized spacial score (nSPS) is 10.6. The molecule has 0 amide bonds. The average molecular weight is 272 g/mol. The SMILES string of the molecule is Clc1nc(NCc2cnccn2)c2ccccc2n1. The van der Waals surface area contributed by atoms with E-state index in [0.717, 1.165) is 16.6 Å². The van der Waals surface area contributed by atoms with Gasteiger partial charge in [0.2, 0.25) is 5.28 Å². The number of fused-ring (bicyclic) bond motifs is 1. The molecule has 0 aliphatic carbocycles. The highest BCUT2D eigenvalue weighted by Gasteiger charge is 2.06. The number of halogens is 1. The van der Waals surface area contributed by atoms with Gasteiger partial charge in [-0.25, -0.2) is 9.97 Å². The summed E-state index contributed by atoms with van der Waals surface area (Å²) in [7, 11) is 0. The second-order valence-electron chi connectivity index (χ2n) is 3.91. The van der Waals surface area contributed by atoms with E-state index in [1.165, 1.54) is 0 Å². The lowest BCUT2D eigenvalue weighted by Gasteiger charge is -2.08. The van der Waals surface area contributed by atoms with E-state index in [-0.39, 0.29) is 5.28 Å². The van der Waals surface area contributed by atoms with E-state index >= 15 is 0 Å². The summed E-state index contributed by atoms with van der Waals surface area (Å²) in [6.07, 6.45) is 5.00. The summed E-state index contributed by atoms with van der Waals surface area (Å²) in [5.74, 6) is 0.696. The summed E-state index contributed by atoms with van der Waals surface area (Å²) >= 11 is 5.92. The van der Waals surface area contributed by atoms with Crippen LogP contribution in [-0.2, 0) is 6.54 Å². The molecule has 1 aromatic carbocycles. The van der Waals surface area contributed by atoms with Crippen molar-refractivity contribution in [2.24, 2.45) is 0 Å². The molecule has 0 saturated heterocycles. The molecule has 0 spiro atoms. The molecule has 0 radical (unpaired) electrons. The fraction of sp³-hybridized carbons (Fsp3) is 0.0769. The van der Waals surface area contributed by atoms with E-state index in [0.29, 0.717) is 12.4 Å². The Morgan fingerprint density at radius 3 is 2.84 bits per heavy atom. The first kappa shape index (κ1) is 11.8. The Morgan fingerprint density at radius 2 is 2.00 bits per heavy atom. The quantitative estimate of drug-likeness (QED) is 0.742. The van der Waals surface area contributed by atoms with Crippen LogP contribution in [0.5, 0.6) is 0 Å². The van der Waals surface area contributed by atoms with Gasteiger partial charge in [-0.05, 0) is 23.7 Å². The Bertz CT molecular complexity index is 702. The first-order valence-electron chi connectivity index (χ1n) is 5.74. The third kappa shape index (κ3) is 2.61. The van der Waals surface area contributed by atoms with Gasteiger partial charge in [-0.15, -0.1) is 0 Å². The van der Waals surface area contributed by atoms with E-state index in [1.807, 2.05) is 24.3 Å². The molecule has 0 saturated carbocycles. The van der Waals surface area contributed by atoms with Gasteiger partial charge in [-0.1, -0.05) is 12.1 Å². The maximum atomic E-state index is 5.92. The number of benzene rings is 1. The van der Waals surface area contributed by atoms with Crippen LogP contribution in [0.2, 0.25) is 5.28 Å². The molecule has 0 unspecified atom stereocenters. The van der Waals surface area contributed by atoms with E-state index in [2.05, 4.69) is 25.3 Å². The Labute approximate surface area is 114 Å². The van der Waals surface area contributed by atoms with Gasteiger partial charge in [0.25, 0.3) is 0 Å². The average Bonchev–Trinajstić information content (AvgIpc) is 2.45. The fourth-order valence-electron chi connectivity index (χ4n) is 1.78. The van der Waals surface area contributed by atoms with E-state index in [1.54, 1.807) is 18.6 Å². The van der Waals surface area contributed by atoms with Crippen LogP contribution in [-0.4, -0.2) is 19.9 Å². The van der Waals surface area contributed by atoms with Gasteiger partial charge in [0.15, 0.2) is 0 Å². The van der Waals surface area contributed by atoms with Gasteiger partial charge in [0, 0.05) is 17.8 Å². The molecule has 2 aromatic heterocycles. The van der Waals surface area contributed by atoms with Crippen molar-refractivity contribution in [1.82, 2.24) is 19.9 Å². The summed E-state index contributed by atoms with van der Waals surface area (Å²) < 4.78 is 0. The van der Waals surface area contributed by atoms with Crippen LogP contribution in [0.4, 0.5) is 5.82 Å². The van der Waals surface area contributed by atoms with E-state index < -0.39 is 0 Å². The molecule has 94 valence electrons. The number of hydrogen-bond acceptors (Lipinski definition) is 5. The van der Waals surface area contributed by atoms with Crippen molar-refractivity contribution in [1.29, 1.82) is 0 Å².